The highest BCUT2D eigenvalue weighted by atomic mass is 35.5. The van der Waals surface area contributed by atoms with E-state index in [4.69, 9.17) is 14.9 Å². The minimum absolute atomic E-state index is 0. The van der Waals surface area contributed by atoms with Gasteiger partial charge in [0.15, 0.2) is 5.76 Å². The zero-order valence-corrected chi connectivity index (χ0v) is 14.1. The molecule has 0 radical (unpaired) electrons. The Morgan fingerprint density at radius 1 is 1.22 bits per heavy atom. The summed E-state index contributed by atoms with van der Waals surface area (Å²) < 4.78 is 10.5. The molecule has 2 N–H and O–H groups in total. The normalized spacial score (nSPS) is 10.2. The number of furan rings is 1. The molecule has 2 rings (SSSR count). The van der Waals surface area contributed by atoms with Crippen LogP contribution in [0.4, 0.5) is 0 Å². The maximum atomic E-state index is 12.6. The Labute approximate surface area is 142 Å². The van der Waals surface area contributed by atoms with Crippen molar-refractivity contribution in [3.63, 3.8) is 0 Å². The Hall–Kier alpha value is -1.82. The Morgan fingerprint density at radius 2 is 1.96 bits per heavy atom. The maximum absolute atomic E-state index is 12.6. The van der Waals surface area contributed by atoms with Crippen LogP contribution in [0.25, 0.3) is 0 Å². The van der Waals surface area contributed by atoms with Crippen LogP contribution in [0.5, 0.6) is 0 Å². The molecule has 0 unspecified atom stereocenters. The number of carbonyl (C=O) groups excluding carboxylic acids is 1. The molecule has 0 spiro atoms. The molecule has 0 atom stereocenters. The van der Waals surface area contributed by atoms with E-state index in [1.165, 1.54) is 0 Å². The van der Waals surface area contributed by atoms with E-state index in [1.807, 2.05) is 30.3 Å². The average Bonchev–Trinajstić information content (AvgIpc) is 3.01. The van der Waals surface area contributed by atoms with Gasteiger partial charge in [0, 0.05) is 20.2 Å². The lowest BCUT2D eigenvalue weighted by Crippen LogP contribution is -2.32. The van der Waals surface area contributed by atoms with Crippen LogP contribution in [-0.4, -0.2) is 31.0 Å². The lowest BCUT2D eigenvalue weighted by molar-refractivity contribution is 0.0702. The molecule has 0 aliphatic carbocycles. The quantitative estimate of drug-likeness (QED) is 0.803. The molecule has 5 nitrogen and oxygen atoms in total. The third-order valence-electron chi connectivity index (χ3n) is 3.29. The lowest BCUT2D eigenvalue weighted by atomic mass is 10.2. The summed E-state index contributed by atoms with van der Waals surface area (Å²) in [7, 11) is 1.59. The molecular formula is C17H23ClN2O3. The molecule has 2 aromatic rings. The van der Waals surface area contributed by atoms with Crippen molar-refractivity contribution in [3.8, 4) is 0 Å². The van der Waals surface area contributed by atoms with E-state index in [0.717, 1.165) is 12.0 Å². The molecule has 0 fully saturated rings. The second-order valence-corrected chi connectivity index (χ2v) is 5.05. The number of rotatable bonds is 8. The van der Waals surface area contributed by atoms with E-state index in [1.54, 1.807) is 24.1 Å². The molecule has 126 valence electrons. The van der Waals surface area contributed by atoms with Gasteiger partial charge in [-0.15, -0.1) is 12.4 Å². The Balaban J connectivity index is 0.00000264. The molecule has 1 amide bonds. The molecule has 1 heterocycles. The number of nitrogens with zero attached hydrogens (tertiary/aromatic N) is 1. The highest BCUT2D eigenvalue weighted by molar-refractivity contribution is 5.91. The van der Waals surface area contributed by atoms with Gasteiger partial charge in [0.1, 0.15) is 12.4 Å². The van der Waals surface area contributed by atoms with Gasteiger partial charge in [-0.3, -0.25) is 4.79 Å². The highest BCUT2D eigenvalue weighted by Crippen LogP contribution is 2.14. The molecule has 0 bridgehead atoms. The van der Waals surface area contributed by atoms with Crippen LogP contribution in [-0.2, 0) is 17.9 Å². The molecule has 1 aromatic heterocycles. The molecule has 0 saturated heterocycles. The van der Waals surface area contributed by atoms with Crippen molar-refractivity contribution >= 4 is 18.3 Å². The van der Waals surface area contributed by atoms with Gasteiger partial charge < -0.3 is 19.8 Å². The zero-order chi connectivity index (χ0) is 15.8. The van der Waals surface area contributed by atoms with E-state index in [0.29, 0.717) is 37.8 Å². The van der Waals surface area contributed by atoms with E-state index in [9.17, 15) is 4.79 Å². The van der Waals surface area contributed by atoms with Crippen LogP contribution >= 0.6 is 12.4 Å². The minimum atomic E-state index is -0.125. The number of hydrogen-bond acceptors (Lipinski definition) is 4. The Bertz CT molecular complexity index is 587. The van der Waals surface area contributed by atoms with Gasteiger partial charge in [-0.05, 0) is 30.7 Å². The first-order valence-corrected chi connectivity index (χ1v) is 7.35. The fraction of sp³-hybridized carbons (Fsp3) is 0.353. The predicted octanol–water partition coefficient (Wildman–Crippen LogP) is 2.84. The standard InChI is InChI=1S/C17H22N2O3.ClH/c1-21-13-15-8-9-16(22-15)17(20)19(11-5-10-18)12-14-6-3-2-4-7-14;/h2-4,6-9H,5,10-13,18H2,1H3;1H. The number of hydrogen-bond donors (Lipinski definition) is 1. The summed E-state index contributed by atoms with van der Waals surface area (Å²) in [5, 5.41) is 0. The highest BCUT2D eigenvalue weighted by Gasteiger charge is 2.19. The first-order chi connectivity index (χ1) is 10.7. The van der Waals surface area contributed by atoms with E-state index < -0.39 is 0 Å². The van der Waals surface area contributed by atoms with Crippen LogP contribution < -0.4 is 5.73 Å². The average molecular weight is 339 g/mol. The van der Waals surface area contributed by atoms with Gasteiger partial charge in [0.05, 0.1) is 0 Å². The SMILES string of the molecule is COCc1ccc(C(=O)N(CCCN)Cc2ccccc2)o1.Cl. The predicted molar refractivity (Wildman–Crippen MR) is 91.5 cm³/mol. The monoisotopic (exact) mass is 338 g/mol. The van der Waals surface area contributed by atoms with Crippen LogP contribution in [0.3, 0.4) is 0 Å². The Morgan fingerprint density at radius 3 is 2.61 bits per heavy atom. The van der Waals surface area contributed by atoms with Crippen molar-refractivity contribution in [1.82, 2.24) is 4.90 Å². The van der Waals surface area contributed by atoms with Crippen LogP contribution in [0, 0.1) is 0 Å². The van der Waals surface area contributed by atoms with Gasteiger partial charge in [0.25, 0.3) is 5.91 Å². The molecule has 0 aliphatic heterocycles. The zero-order valence-electron chi connectivity index (χ0n) is 13.2. The number of carbonyl (C=O) groups is 1. The molecule has 6 heteroatoms. The second-order valence-electron chi connectivity index (χ2n) is 5.05. The van der Waals surface area contributed by atoms with Crippen LogP contribution in [0.2, 0.25) is 0 Å². The number of methoxy groups -OCH3 is 1. The molecule has 23 heavy (non-hydrogen) atoms. The summed E-state index contributed by atoms with van der Waals surface area (Å²) in [6.45, 7) is 2.05. The Kier molecular flexibility index (Phi) is 8.40. The first-order valence-electron chi connectivity index (χ1n) is 7.35. The third-order valence-corrected chi connectivity index (χ3v) is 3.29. The molecule has 0 aliphatic rings. The summed E-state index contributed by atoms with van der Waals surface area (Å²) in [5.41, 5.74) is 6.65. The number of benzene rings is 1. The lowest BCUT2D eigenvalue weighted by Gasteiger charge is -2.21. The van der Waals surface area contributed by atoms with Crippen molar-refractivity contribution in [2.75, 3.05) is 20.2 Å². The second kappa shape index (κ2) is 10.0. The number of nitrogens with two attached hydrogens (primary N) is 1. The van der Waals surface area contributed by atoms with Crippen molar-refractivity contribution in [1.29, 1.82) is 0 Å². The van der Waals surface area contributed by atoms with Gasteiger partial charge >= 0.3 is 0 Å². The van der Waals surface area contributed by atoms with E-state index in [2.05, 4.69) is 0 Å². The summed E-state index contributed by atoms with van der Waals surface area (Å²) in [6.07, 6.45) is 0.754. The summed E-state index contributed by atoms with van der Waals surface area (Å²) >= 11 is 0. The molecule has 0 saturated carbocycles. The largest absolute Gasteiger partial charge is 0.453 e. The third kappa shape index (κ3) is 5.71. The number of halogens is 1. The van der Waals surface area contributed by atoms with Gasteiger partial charge in [-0.2, -0.15) is 0 Å². The van der Waals surface area contributed by atoms with Gasteiger partial charge in [-0.1, -0.05) is 30.3 Å². The summed E-state index contributed by atoms with van der Waals surface area (Å²) in [4.78, 5) is 14.4. The van der Waals surface area contributed by atoms with Gasteiger partial charge in [0.2, 0.25) is 0 Å². The number of amides is 1. The minimum Gasteiger partial charge on any atom is -0.453 e. The summed E-state index contributed by atoms with van der Waals surface area (Å²) in [6, 6.07) is 13.3. The first kappa shape index (κ1) is 19.2. The fourth-order valence-electron chi connectivity index (χ4n) is 2.21. The van der Waals surface area contributed by atoms with Crippen molar-refractivity contribution in [3.05, 3.63) is 59.5 Å². The smallest absolute Gasteiger partial charge is 0.289 e. The van der Waals surface area contributed by atoms with Crippen LogP contribution in [0.1, 0.15) is 28.3 Å². The topological polar surface area (TPSA) is 68.7 Å². The van der Waals surface area contributed by atoms with Crippen molar-refractivity contribution in [2.45, 2.75) is 19.6 Å². The summed E-state index contributed by atoms with van der Waals surface area (Å²) in [5.74, 6) is 0.851. The van der Waals surface area contributed by atoms with E-state index in [-0.39, 0.29) is 18.3 Å². The fourth-order valence-corrected chi connectivity index (χ4v) is 2.21. The van der Waals surface area contributed by atoms with E-state index >= 15 is 0 Å². The van der Waals surface area contributed by atoms with Crippen molar-refractivity contribution in [2.24, 2.45) is 5.73 Å². The molecule has 1 aromatic carbocycles. The van der Waals surface area contributed by atoms with Gasteiger partial charge in [-0.25, -0.2) is 0 Å². The van der Waals surface area contributed by atoms with Crippen LogP contribution in [0.15, 0.2) is 46.9 Å². The number of ether oxygens (including phenoxy) is 1. The maximum Gasteiger partial charge on any atom is 0.289 e. The molecular weight excluding hydrogens is 316 g/mol. The van der Waals surface area contributed by atoms with Crippen molar-refractivity contribution < 1.29 is 13.9 Å².